The van der Waals surface area contributed by atoms with Crippen LogP contribution >= 0.6 is 0 Å². The molecule has 0 amide bonds. The number of carbonyl (C=O) groups is 2. The molecule has 0 atom stereocenters. The molecule has 0 spiro atoms. The van der Waals surface area contributed by atoms with Crippen molar-refractivity contribution >= 4 is 17.8 Å². The molecule has 0 unspecified atom stereocenters. The Bertz CT molecular complexity index is 544. The minimum absolute atomic E-state index is 0.135. The van der Waals surface area contributed by atoms with E-state index in [1.165, 1.54) is 38.3 Å². The van der Waals surface area contributed by atoms with E-state index in [-0.39, 0.29) is 12.2 Å². The number of methoxy groups -OCH3 is 1. The van der Waals surface area contributed by atoms with Crippen LogP contribution in [0.15, 0.2) is 29.8 Å². The molecular weight excluding hydrogens is 289 g/mol. The highest BCUT2D eigenvalue weighted by Gasteiger charge is 2.43. The van der Waals surface area contributed by atoms with Crippen LogP contribution in [0.1, 0.15) is 12.5 Å². The van der Waals surface area contributed by atoms with Crippen molar-refractivity contribution in [2.45, 2.75) is 13.1 Å². The fraction of sp³-hybridized carbons (Fsp3) is 0.286. The topological polar surface area (TPSA) is 52.6 Å². The second-order valence-corrected chi connectivity index (χ2v) is 3.88. The summed E-state index contributed by atoms with van der Waals surface area (Å²) in [7, 11) is 1.43. The second-order valence-electron chi connectivity index (χ2n) is 3.88. The lowest BCUT2D eigenvalue weighted by molar-refractivity contribution is -0.168. The minimum atomic E-state index is -5.15. The quantitative estimate of drug-likeness (QED) is 0.363. The van der Waals surface area contributed by atoms with Gasteiger partial charge in [-0.2, -0.15) is 13.2 Å². The summed E-state index contributed by atoms with van der Waals surface area (Å²) in [6.07, 6.45) is -4.31. The summed E-state index contributed by atoms with van der Waals surface area (Å²) >= 11 is 0. The number of carbonyl (C=O) groups excluding carboxylic acids is 2. The molecule has 114 valence electrons. The van der Waals surface area contributed by atoms with Gasteiger partial charge >= 0.3 is 12.1 Å². The van der Waals surface area contributed by atoms with E-state index in [1.54, 1.807) is 0 Å². The van der Waals surface area contributed by atoms with E-state index in [1.807, 2.05) is 0 Å². The average Bonchev–Trinajstić information content (AvgIpc) is 2.44. The lowest BCUT2D eigenvalue weighted by Gasteiger charge is -2.09. The van der Waals surface area contributed by atoms with Gasteiger partial charge < -0.3 is 9.47 Å². The predicted molar refractivity (Wildman–Crippen MR) is 68.7 cm³/mol. The SMILES string of the molecule is CCOC(=O)C(=Cc1ccc(OC)cc1)C(=O)C(F)(F)F. The van der Waals surface area contributed by atoms with E-state index in [9.17, 15) is 22.8 Å². The molecule has 0 aromatic heterocycles. The monoisotopic (exact) mass is 302 g/mol. The Labute approximate surface area is 119 Å². The molecule has 0 saturated carbocycles. The molecule has 0 aliphatic heterocycles. The van der Waals surface area contributed by atoms with Gasteiger partial charge in [-0.15, -0.1) is 0 Å². The van der Waals surface area contributed by atoms with Gasteiger partial charge in [-0.05, 0) is 30.7 Å². The number of ketones is 1. The maximum Gasteiger partial charge on any atom is 0.455 e. The summed E-state index contributed by atoms with van der Waals surface area (Å²) in [6.45, 7) is 1.30. The van der Waals surface area contributed by atoms with E-state index in [2.05, 4.69) is 4.74 Å². The summed E-state index contributed by atoms with van der Waals surface area (Å²) in [5.74, 6) is -3.06. The first-order valence-electron chi connectivity index (χ1n) is 5.94. The summed E-state index contributed by atoms with van der Waals surface area (Å²) in [5, 5.41) is 0. The number of alkyl halides is 3. The first-order chi connectivity index (χ1) is 9.79. The van der Waals surface area contributed by atoms with E-state index < -0.39 is 23.5 Å². The summed E-state index contributed by atoms with van der Waals surface area (Å²) < 4.78 is 46.9. The molecule has 0 radical (unpaired) electrons. The van der Waals surface area contributed by atoms with Crippen molar-refractivity contribution in [3.63, 3.8) is 0 Å². The number of rotatable bonds is 5. The Morgan fingerprint density at radius 2 is 1.76 bits per heavy atom. The Morgan fingerprint density at radius 1 is 1.19 bits per heavy atom. The van der Waals surface area contributed by atoms with Gasteiger partial charge in [-0.1, -0.05) is 12.1 Å². The lowest BCUT2D eigenvalue weighted by Crippen LogP contribution is -2.29. The second kappa shape index (κ2) is 6.92. The van der Waals surface area contributed by atoms with Gasteiger partial charge in [0.1, 0.15) is 11.3 Å². The van der Waals surface area contributed by atoms with Gasteiger partial charge in [0.25, 0.3) is 5.78 Å². The van der Waals surface area contributed by atoms with Gasteiger partial charge in [-0.25, -0.2) is 4.79 Å². The van der Waals surface area contributed by atoms with Gasteiger partial charge in [0.2, 0.25) is 0 Å². The van der Waals surface area contributed by atoms with Crippen LogP contribution in [0.2, 0.25) is 0 Å². The Hall–Kier alpha value is -2.31. The smallest absolute Gasteiger partial charge is 0.455 e. The molecule has 0 aliphatic rings. The van der Waals surface area contributed by atoms with Crippen molar-refractivity contribution in [1.29, 1.82) is 0 Å². The van der Waals surface area contributed by atoms with E-state index in [0.717, 1.165) is 6.08 Å². The van der Waals surface area contributed by atoms with Crippen molar-refractivity contribution < 1.29 is 32.2 Å². The molecule has 4 nitrogen and oxygen atoms in total. The van der Waals surface area contributed by atoms with Crippen LogP contribution in [0.4, 0.5) is 13.2 Å². The molecule has 0 bridgehead atoms. The first kappa shape index (κ1) is 16.7. The molecule has 7 heteroatoms. The third-order valence-corrected chi connectivity index (χ3v) is 2.42. The normalized spacial score (nSPS) is 12.0. The van der Waals surface area contributed by atoms with Crippen LogP contribution in [0.5, 0.6) is 5.75 Å². The standard InChI is InChI=1S/C14H13F3O4/c1-3-21-13(19)11(12(18)14(15,16)17)8-9-4-6-10(20-2)7-5-9/h4-8H,3H2,1-2H3. The summed E-state index contributed by atoms with van der Waals surface area (Å²) in [4.78, 5) is 22.8. The van der Waals surface area contributed by atoms with Crippen molar-refractivity contribution in [2.75, 3.05) is 13.7 Å². The number of hydrogen-bond donors (Lipinski definition) is 0. The zero-order valence-electron chi connectivity index (χ0n) is 11.4. The highest BCUT2D eigenvalue weighted by Crippen LogP contribution is 2.23. The molecule has 1 rings (SSSR count). The zero-order chi connectivity index (χ0) is 16.0. The van der Waals surface area contributed by atoms with Gasteiger partial charge in [0.15, 0.2) is 0 Å². The maximum absolute atomic E-state index is 12.5. The molecule has 1 aromatic carbocycles. The Balaban J connectivity index is 3.18. The molecule has 0 saturated heterocycles. The van der Waals surface area contributed by atoms with Crippen molar-refractivity contribution in [1.82, 2.24) is 0 Å². The van der Waals surface area contributed by atoms with Gasteiger partial charge in [0.05, 0.1) is 13.7 Å². The molecule has 0 aliphatic carbocycles. The van der Waals surface area contributed by atoms with Crippen LogP contribution in [-0.2, 0) is 14.3 Å². The van der Waals surface area contributed by atoms with E-state index in [4.69, 9.17) is 4.74 Å². The predicted octanol–water partition coefficient (Wildman–Crippen LogP) is 2.77. The van der Waals surface area contributed by atoms with Crippen LogP contribution in [0, 0.1) is 0 Å². The fourth-order valence-corrected chi connectivity index (χ4v) is 1.45. The zero-order valence-corrected chi connectivity index (χ0v) is 11.4. The molecular formula is C14H13F3O4. The minimum Gasteiger partial charge on any atom is -0.497 e. The van der Waals surface area contributed by atoms with E-state index >= 15 is 0 Å². The number of esters is 1. The van der Waals surface area contributed by atoms with Crippen molar-refractivity contribution in [3.05, 3.63) is 35.4 Å². The molecule has 0 heterocycles. The Morgan fingerprint density at radius 3 is 2.19 bits per heavy atom. The number of benzene rings is 1. The third kappa shape index (κ3) is 4.62. The highest BCUT2D eigenvalue weighted by molar-refractivity contribution is 6.22. The number of Topliss-reactive ketones (excluding diaryl/α,β-unsaturated/α-hetero) is 1. The molecule has 21 heavy (non-hydrogen) atoms. The van der Waals surface area contributed by atoms with Crippen LogP contribution in [0.3, 0.4) is 0 Å². The van der Waals surface area contributed by atoms with Crippen LogP contribution in [-0.4, -0.2) is 31.6 Å². The summed E-state index contributed by atoms with van der Waals surface area (Å²) in [5.41, 5.74) is -0.814. The van der Waals surface area contributed by atoms with Crippen molar-refractivity contribution in [2.24, 2.45) is 0 Å². The fourth-order valence-electron chi connectivity index (χ4n) is 1.45. The lowest BCUT2D eigenvalue weighted by atomic mass is 10.1. The number of ether oxygens (including phenoxy) is 2. The van der Waals surface area contributed by atoms with Crippen LogP contribution in [0.25, 0.3) is 6.08 Å². The molecule has 0 fully saturated rings. The average molecular weight is 302 g/mol. The number of hydrogen-bond acceptors (Lipinski definition) is 4. The Kier molecular flexibility index (Phi) is 5.52. The third-order valence-electron chi connectivity index (χ3n) is 2.42. The maximum atomic E-state index is 12.5. The van der Waals surface area contributed by atoms with E-state index in [0.29, 0.717) is 5.75 Å². The first-order valence-corrected chi connectivity index (χ1v) is 5.94. The molecule has 0 N–H and O–H groups in total. The van der Waals surface area contributed by atoms with Gasteiger partial charge in [-0.3, -0.25) is 4.79 Å². The van der Waals surface area contributed by atoms with Crippen LogP contribution < -0.4 is 4.74 Å². The molecule has 1 aromatic rings. The number of halogens is 3. The highest BCUT2D eigenvalue weighted by atomic mass is 19.4. The summed E-state index contributed by atoms with van der Waals surface area (Å²) in [6, 6.07) is 5.82. The van der Waals surface area contributed by atoms with Gasteiger partial charge in [0, 0.05) is 0 Å². The van der Waals surface area contributed by atoms with Crippen molar-refractivity contribution in [3.8, 4) is 5.75 Å². The largest absolute Gasteiger partial charge is 0.497 e.